The molecule has 3 N–H and O–H groups in total. The van der Waals surface area contributed by atoms with Crippen LogP contribution in [0.15, 0.2) is 83.5 Å². The Morgan fingerprint density at radius 1 is 0.767 bits per heavy atom. The molecule has 1 aromatic heterocycles. The number of amides is 3. The van der Waals surface area contributed by atoms with Gasteiger partial charge in [-0.3, -0.25) is 14.4 Å². The minimum atomic E-state index is -0.783. The van der Waals surface area contributed by atoms with Crippen LogP contribution in [0, 0.1) is 0 Å². The van der Waals surface area contributed by atoms with E-state index in [-0.39, 0.29) is 30.7 Å². The van der Waals surface area contributed by atoms with Crippen LogP contribution < -0.4 is 16.0 Å². The Hall–Kier alpha value is -3.87. The Morgan fingerprint density at radius 3 is 2.10 bits per heavy atom. The first-order valence-corrected chi connectivity index (χ1v) is 9.63. The molecule has 0 aliphatic rings. The molecule has 3 amide bonds. The molecule has 3 aromatic rings. The smallest absolute Gasteiger partial charge is 0.287 e. The molecule has 0 radical (unpaired) electrons. The van der Waals surface area contributed by atoms with Crippen molar-refractivity contribution < 1.29 is 18.8 Å². The third-order valence-corrected chi connectivity index (χ3v) is 4.40. The fraction of sp³-hybridized carbons (Fsp3) is 0.174. The molecule has 3 rings (SSSR count). The molecule has 1 heterocycles. The summed E-state index contributed by atoms with van der Waals surface area (Å²) in [4.78, 5) is 37.1. The maximum absolute atomic E-state index is 12.7. The highest BCUT2D eigenvalue weighted by Crippen LogP contribution is 2.06. The van der Waals surface area contributed by atoms with Crippen molar-refractivity contribution >= 4 is 17.7 Å². The van der Waals surface area contributed by atoms with Gasteiger partial charge in [-0.05, 0) is 29.8 Å². The van der Waals surface area contributed by atoms with Crippen molar-refractivity contribution in [1.82, 2.24) is 16.0 Å². The van der Waals surface area contributed by atoms with Crippen molar-refractivity contribution in [3.05, 3.63) is 95.9 Å². The zero-order chi connectivity index (χ0) is 21.2. The Kier molecular flexibility index (Phi) is 7.38. The molecule has 1 unspecified atom stereocenters. The molecule has 0 spiro atoms. The lowest BCUT2D eigenvalue weighted by molar-refractivity contribution is -0.122. The highest BCUT2D eigenvalue weighted by molar-refractivity contribution is 5.96. The number of carbonyl (C=O) groups is 3. The van der Waals surface area contributed by atoms with Crippen LogP contribution in [0.2, 0.25) is 0 Å². The number of hydrogen-bond donors (Lipinski definition) is 3. The lowest BCUT2D eigenvalue weighted by atomic mass is 10.1. The molecular formula is C23H23N3O4. The number of benzene rings is 2. The van der Waals surface area contributed by atoms with Gasteiger partial charge in [-0.1, -0.05) is 48.5 Å². The molecule has 0 aliphatic carbocycles. The van der Waals surface area contributed by atoms with Gasteiger partial charge in [0.15, 0.2) is 5.76 Å². The predicted octanol–water partition coefficient (Wildman–Crippen LogP) is 2.17. The number of furan rings is 1. The van der Waals surface area contributed by atoms with Crippen LogP contribution in [-0.2, 0) is 11.2 Å². The van der Waals surface area contributed by atoms with Gasteiger partial charge < -0.3 is 20.4 Å². The van der Waals surface area contributed by atoms with Gasteiger partial charge in [-0.2, -0.15) is 0 Å². The third kappa shape index (κ3) is 6.07. The topological polar surface area (TPSA) is 100 Å². The zero-order valence-electron chi connectivity index (χ0n) is 16.3. The van der Waals surface area contributed by atoms with E-state index in [0.717, 1.165) is 5.56 Å². The van der Waals surface area contributed by atoms with Crippen molar-refractivity contribution in [1.29, 1.82) is 0 Å². The standard InChI is InChI=1S/C23H23N3O4/c27-21(18-10-5-2-6-11-18)24-13-14-25-22(28)19(16-17-8-3-1-4-9-17)26-23(29)20-12-7-15-30-20/h1-12,15,19H,13-14,16H2,(H,24,27)(H,25,28)(H,26,29). The largest absolute Gasteiger partial charge is 0.459 e. The van der Waals surface area contributed by atoms with E-state index in [1.165, 1.54) is 12.3 Å². The third-order valence-electron chi connectivity index (χ3n) is 4.40. The molecule has 0 saturated heterocycles. The average Bonchev–Trinajstić information content (AvgIpc) is 3.32. The predicted molar refractivity (Wildman–Crippen MR) is 112 cm³/mol. The second-order valence-corrected chi connectivity index (χ2v) is 6.61. The van der Waals surface area contributed by atoms with E-state index in [9.17, 15) is 14.4 Å². The molecule has 7 heteroatoms. The fourth-order valence-electron chi connectivity index (χ4n) is 2.87. The number of carbonyl (C=O) groups excluding carboxylic acids is 3. The van der Waals surface area contributed by atoms with Crippen molar-refractivity contribution in [2.24, 2.45) is 0 Å². The maximum Gasteiger partial charge on any atom is 0.287 e. The van der Waals surface area contributed by atoms with Gasteiger partial charge in [0.1, 0.15) is 6.04 Å². The monoisotopic (exact) mass is 405 g/mol. The summed E-state index contributed by atoms with van der Waals surface area (Å²) in [5, 5.41) is 8.22. The summed E-state index contributed by atoms with van der Waals surface area (Å²) in [6.45, 7) is 0.503. The first kappa shape index (κ1) is 20.9. The van der Waals surface area contributed by atoms with Gasteiger partial charge in [-0.15, -0.1) is 0 Å². The van der Waals surface area contributed by atoms with Gasteiger partial charge in [0.05, 0.1) is 6.26 Å². The normalized spacial score (nSPS) is 11.3. The molecule has 154 valence electrons. The average molecular weight is 405 g/mol. The summed E-state index contributed by atoms with van der Waals surface area (Å²) >= 11 is 0. The Bertz CT molecular complexity index is 957. The number of nitrogens with one attached hydrogen (secondary N) is 3. The van der Waals surface area contributed by atoms with Crippen molar-refractivity contribution in [3.8, 4) is 0 Å². The van der Waals surface area contributed by atoms with E-state index in [4.69, 9.17) is 4.42 Å². The Morgan fingerprint density at radius 2 is 1.43 bits per heavy atom. The van der Waals surface area contributed by atoms with Crippen LogP contribution >= 0.6 is 0 Å². The number of hydrogen-bond acceptors (Lipinski definition) is 4. The van der Waals surface area contributed by atoms with Crippen LogP contribution in [0.1, 0.15) is 26.5 Å². The quantitative estimate of drug-likeness (QED) is 0.475. The van der Waals surface area contributed by atoms with E-state index in [2.05, 4.69) is 16.0 Å². The first-order chi connectivity index (χ1) is 14.6. The van der Waals surface area contributed by atoms with E-state index in [1.54, 1.807) is 30.3 Å². The van der Waals surface area contributed by atoms with Crippen LogP contribution in [-0.4, -0.2) is 36.9 Å². The van der Waals surface area contributed by atoms with E-state index >= 15 is 0 Å². The summed E-state index contributed by atoms with van der Waals surface area (Å²) < 4.78 is 5.10. The molecule has 2 aromatic carbocycles. The Labute approximate surface area is 174 Å². The van der Waals surface area contributed by atoms with Crippen LogP contribution in [0.3, 0.4) is 0 Å². The molecule has 1 atom stereocenters. The minimum Gasteiger partial charge on any atom is -0.459 e. The van der Waals surface area contributed by atoms with Crippen molar-refractivity contribution in [2.45, 2.75) is 12.5 Å². The molecule has 0 saturated carbocycles. The van der Waals surface area contributed by atoms with Crippen LogP contribution in [0.25, 0.3) is 0 Å². The van der Waals surface area contributed by atoms with Crippen molar-refractivity contribution in [3.63, 3.8) is 0 Å². The first-order valence-electron chi connectivity index (χ1n) is 9.63. The van der Waals surface area contributed by atoms with Crippen LogP contribution in [0.5, 0.6) is 0 Å². The van der Waals surface area contributed by atoms with Gasteiger partial charge in [0.2, 0.25) is 5.91 Å². The van der Waals surface area contributed by atoms with E-state index in [1.807, 2.05) is 36.4 Å². The molecular weight excluding hydrogens is 382 g/mol. The Balaban J connectivity index is 1.54. The van der Waals surface area contributed by atoms with Gasteiger partial charge >= 0.3 is 0 Å². The summed E-state index contributed by atoms with van der Waals surface area (Å²) in [6.07, 6.45) is 1.73. The summed E-state index contributed by atoms with van der Waals surface area (Å²) in [7, 11) is 0. The van der Waals surface area contributed by atoms with Gasteiger partial charge in [0.25, 0.3) is 11.8 Å². The molecule has 30 heavy (non-hydrogen) atoms. The molecule has 7 nitrogen and oxygen atoms in total. The molecule has 0 bridgehead atoms. The van der Waals surface area contributed by atoms with Gasteiger partial charge in [0, 0.05) is 25.1 Å². The van der Waals surface area contributed by atoms with Gasteiger partial charge in [-0.25, -0.2) is 0 Å². The fourth-order valence-corrected chi connectivity index (χ4v) is 2.87. The summed E-state index contributed by atoms with van der Waals surface area (Å²) in [6, 6.07) is 20.6. The van der Waals surface area contributed by atoms with E-state index in [0.29, 0.717) is 12.0 Å². The number of rotatable bonds is 9. The lowest BCUT2D eigenvalue weighted by Gasteiger charge is -2.18. The lowest BCUT2D eigenvalue weighted by Crippen LogP contribution is -2.49. The SMILES string of the molecule is O=C(NCCNC(=O)C(Cc1ccccc1)NC(=O)c1ccco1)c1ccccc1. The molecule has 0 fully saturated rings. The maximum atomic E-state index is 12.7. The second kappa shape index (κ2) is 10.6. The van der Waals surface area contributed by atoms with Crippen molar-refractivity contribution in [2.75, 3.05) is 13.1 Å². The summed E-state index contributed by atoms with van der Waals surface area (Å²) in [5.41, 5.74) is 1.46. The molecule has 0 aliphatic heterocycles. The minimum absolute atomic E-state index is 0.135. The summed E-state index contributed by atoms with van der Waals surface area (Å²) in [5.74, 6) is -0.881. The second-order valence-electron chi connectivity index (χ2n) is 6.61. The van der Waals surface area contributed by atoms with E-state index < -0.39 is 11.9 Å². The van der Waals surface area contributed by atoms with Crippen LogP contribution in [0.4, 0.5) is 0 Å². The highest BCUT2D eigenvalue weighted by Gasteiger charge is 2.22. The zero-order valence-corrected chi connectivity index (χ0v) is 16.3. The highest BCUT2D eigenvalue weighted by atomic mass is 16.3.